The molecular weight excluding hydrogens is 236 g/mol. The van der Waals surface area contributed by atoms with Gasteiger partial charge in [-0.2, -0.15) is 0 Å². The number of nitrogens with zero attached hydrogens (tertiary/aromatic N) is 1. The fraction of sp³-hybridized carbons (Fsp3) is 0.125. The number of hydrogen-bond acceptors (Lipinski definition) is 3. The van der Waals surface area contributed by atoms with Gasteiger partial charge in [-0.1, -0.05) is 18.1 Å². The summed E-state index contributed by atoms with van der Waals surface area (Å²) in [5.41, 5.74) is 2.50. The van der Waals surface area contributed by atoms with Gasteiger partial charge in [0.1, 0.15) is 12.0 Å². The van der Waals surface area contributed by atoms with E-state index in [4.69, 9.17) is 0 Å². The zero-order valence-electron chi connectivity index (χ0n) is 10.6. The number of rotatable bonds is 3. The molecule has 2 aromatic rings. The van der Waals surface area contributed by atoms with Crippen molar-refractivity contribution in [3.63, 3.8) is 0 Å². The molecule has 94 valence electrons. The first kappa shape index (κ1) is 12.8. The zero-order valence-corrected chi connectivity index (χ0v) is 10.6. The second kappa shape index (κ2) is 6.36. The summed E-state index contributed by atoms with van der Waals surface area (Å²) >= 11 is 0. The van der Waals surface area contributed by atoms with Crippen LogP contribution in [-0.2, 0) is 4.79 Å². The Hall–Kier alpha value is -2.60. The van der Waals surface area contributed by atoms with E-state index < -0.39 is 0 Å². The number of nitrogens with one attached hydrogen (secondary N) is 1. The number of aldehydes is 1. The standard InChI is InChI=1S/C16H14N2O/c1-13(12-19)18-16-7-4-5-14(11-16)8-9-15-6-2-3-10-17-15/h2-7,10-13,18H,1H3. The normalized spacial score (nSPS) is 11.0. The minimum absolute atomic E-state index is 0.209. The van der Waals surface area contributed by atoms with E-state index in [2.05, 4.69) is 22.1 Å². The van der Waals surface area contributed by atoms with E-state index in [0.29, 0.717) is 0 Å². The summed E-state index contributed by atoms with van der Waals surface area (Å²) in [6.07, 6.45) is 2.58. The minimum atomic E-state index is -0.209. The lowest BCUT2D eigenvalue weighted by molar-refractivity contribution is -0.108. The number of carbonyl (C=O) groups excluding carboxylic acids is 1. The van der Waals surface area contributed by atoms with Crippen LogP contribution < -0.4 is 5.32 Å². The van der Waals surface area contributed by atoms with E-state index in [0.717, 1.165) is 23.2 Å². The van der Waals surface area contributed by atoms with Crippen molar-refractivity contribution in [1.29, 1.82) is 0 Å². The third-order valence-corrected chi connectivity index (χ3v) is 2.46. The number of aromatic nitrogens is 1. The van der Waals surface area contributed by atoms with Gasteiger partial charge in [0.25, 0.3) is 0 Å². The van der Waals surface area contributed by atoms with Gasteiger partial charge < -0.3 is 10.1 Å². The van der Waals surface area contributed by atoms with Crippen LogP contribution in [0.25, 0.3) is 0 Å². The molecule has 0 aliphatic heterocycles. The number of hydrogen-bond donors (Lipinski definition) is 1. The first-order valence-electron chi connectivity index (χ1n) is 6.03. The average molecular weight is 250 g/mol. The Bertz CT molecular complexity index is 611. The van der Waals surface area contributed by atoms with E-state index >= 15 is 0 Å². The Kier molecular flexibility index (Phi) is 4.30. The lowest BCUT2D eigenvalue weighted by atomic mass is 10.2. The van der Waals surface area contributed by atoms with E-state index in [1.54, 1.807) is 13.1 Å². The maximum absolute atomic E-state index is 10.6. The van der Waals surface area contributed by atoms with Gasteiger partial charge in [-0.25, -0.2) is 4.98 Å². The molecule has 1 N–H and O–H groups in total. The highest BCUT2D eigenvalue weighted by Crippen LogP contribution is 2.10. The molecule has 1 aromatic carbocycles. The van der Waals surface area contributed by atoms with Crippen LogP contribution in [0, 0.1) is 11.8 Å². The smallest absolute Gasteiger partial charge is 0.141 e. The van der Waals surface area contributed by atoms with Crippen LogP contribution in [0.2, 0.25) is 0 Å². The average Bonchev–Trinajstić information content (AvgIpc) is 2.46. The van der Waals surface area contributed by atoms with Crippen molar-refractivity contribution < 1.29 is 4.79 Å². The maximum Gasteiger partial charge on any atom is 0.141 e. The summed E-state index contributed by atoms with van der Waals surface area (Å²) in [6, 6.07) is 13.1. The van der Waals surface area contributed by atoms with E-state index in [9.17, 15) is 4.79 Å². The van der Waals surface area contributed by atoms with Gasteiger partial charge in [-0.05, 0) is 43.2 Å². The lowest BCUT2D eigenvalue weighted by Gasteiger charge is -2.08. The SMILES string of the molecule is CC(C=O)Nc1cccc(C#Cc2ccccn2)c1. The summed E-state index contributed by atoms with van der Waals surface area (Å²) < 4.78 is 0. The first-order valence-corrected chi connectivity index (χ1v) is 6.03. The molecule has 3 heteroatoms. The highest BCUT2D eigenvalue weighted by atomic mass is 16.1. The van der Waals surface area contributed by atoms with Gasteiger partial charge in [0.15, 0.2) is 0 Å². The fourth-order valence-corrected chi connectivity index (χ4v) is 1.56. The molecule has 0 amide bonds. The molecule has 2 rings (SSSR count). The highest BCUT2D eigenvalue weighted by Gasteiger charge is 1.99. The molecule has 0 saturated heterocycles. The third kappa shape index (κ3) is 3.97. The van der Waals surface area contributed by atoms with E-state index in [-0.39, 0.29) is 6.04 Å². The van der Waals surface area contributed by atoms with E-state index in [1.807, 2.05) is 42.5 Å². The van der Waals surface area contributed by atoms with Crippen LogP contribution in [0.5, 0.6) is 0 Å². The van der Waals surface area contributed by atoms with Crippen molar-refractivity contribution in [2.45, 2.75) is 13.0 Å². The van der Waals surface area contributed by atoms with Crippen LogP contribution in [0.4, 0.5) is 5.69 Å². The molecule has 1 heterocycles. The number of benzene rings is 1. The summed E-state index contributed by atoms with van der Waals surface area (Å²) in [5.74, 6) is 6.05. The molecule has 1 aromatic heterocycles. The quantitative estimate of drug-likeness (QED) is 0.672. The van der Waals surface area contributed by atoms with Crippen molar-refractivity contribution >= 4 is 12.0 Å². The Morgan fingerprint density at radius 2 is 2.11 bits per heavy atom. The Morgan fingerprint density at radius 1 is 1.21 bits per heavy atom. The Balaban J connectivity index is 2.16. The molecule has 0 spiro atoms. The van der Waals surface area contributed by atoms with Crippen molar-refractivity contribution in [3.05, 3.63) is 59.9 Å². The Labute approximate surface area is 112 Å². The van der Waals surface area contributed by atoms with Crippen molar-refractivity contribution in [2.75, 3.05) is 5.32 Å². The lowest BCUT2D eigenvalue weighted by Crippen LogP contribution is -2.15. The van der Waals surface area contributed by atoms with Gasteiger partial charge in [0.05, 0.1) is 6.04 Å². The van der Waals surface area contributed by atoms with Gasteiger partial charge in [-0.15, -0.1) is 0 Å². The third-order valence-electron chi connectivity index (χ3n) is 2.46. The number of carbonyl (C=O) groups is 1. The predicted octanol–water partition coefficient (Wildman–Crippen LogP) is 2.48. The van der Waals surface area contributed by atoms with Gasteiger partial charge in [-0.3, -0.25) is 0 Å². The molecule has 0 aliphatic carbocycles. The largest absolute Gasteiger partial charge is 0.376 e. The van der Waals surface area contributed by atoms with Crippen LogP contribution in [0.1, 0.15) is 18.2 Å². The van der Waals surface area contributed by atoms with Crippen LogP contribution >= 0.6 is 0 Å². The minimum Gasteiger partial charge on any atom is -0.376 e. The second-order valence-electron chi connectivity index (χ2n) is 4.11. The number of pyridine rings is 1. The topological polar surface area (TPSA) is 42.0 Å². The van der Waals surface area contributed by atoms with Crippen LogP contribution in [0.15, 0.2) is 48.7 Å². The maximum atomic E-state index is 10.6. The molecule has 1 unspecified atom stereocenters. The van der Waals surface area contributed by atoms with E-state index in [1.165, 1.54) is 0 Å². The summed E-state index contributed by atoms with van der Waals surface area (Å²) in [5, 5.41) is 3.08. The molecule has 0 bridgehead atoms. The van der Waals surface area contributed by atoms with Crippen molar-refractivity contribution in [2.24, 2.45) is 0 Å². The van der Waals surface area contributed by atoms with Gasteiger partial charge in [0, 0.05) is 17.4 Å². The van der Waals surface area contributed by atoms with Crippen molar-refractivity contribution in [1.82, 2.24) is 4.98 Å². The van der Waals surface area contributed by atoms with Crippen LogP contribution in [-0.4, -0.2) is 17.3 Å². The predicted molar refractivity (Wildman–Crippen MR) is 75.8 cm³/mol. The van der Waals surface area contributed by atoms with Gasteiger partial charge in [0.2, 0.25) is 0 Å². The zero-order chi connectivity index (χ0) is 13.5. The Morgan fingerprint density at radius 3 is 2.84 bits per heavy atom. The molecule has 19 heavy (non-hydrogen) atoms. The summed E-state index contributed by atoms with van der Waals surface area (Å²) in [7, 11) is 0. The van der Waals surface area contributed by atoms with Crippen molar-refractivity contribution in [3.8, 4) is 11.8 Å². The number of anilines is 1. The van der Waals surface area contributed by atoms with Gasteiger partial charge >= 0.3 is 0 Å². The molecule has 0 fully saturated rings. The molecule has 1 atom stereocenters. The molecule has 3 nitrogen and oxygen atoms in total. The summed E-state index contributed by atoms with van der Waals surface area (Å²) in [6.45, 7) is 1.80. The fourth-order valence-electron chi connectivity index (χ4n) is 1.56. The summed E-state index contributed by atoms with van der Waals surface area (Å²) in [4.78, 5) is 14.7. The second-order valence-corrected chi connectivity index (χ2v) is 4.11. The molecule has 0 saturated carbocycles. The molecule has 0 radical (unpaired) electrons. The van der Waals surface area contributed by atoms with Crippen LogP contribution in [0.3, 0.4) is 0 Å². The molecular formula is C16H14N2O. The monoisotopic (exact) mass is 250 g/mol. The molecule has 0 aliphatic rings. The first-order chi connectivity index (χ1) is 9.28. The highest BCUT2D eigenvalue weighted by molar-refractivity contribution is 5.64.